The normalized spacial score (nSPS) is 11.6. The molecular formula is C19H15F4NO4. The van der Waals surface area contributed by atoms with Gasteiger partial charge in [-0.25, -0.2) is 9.18 Å². The Balaban J connectivity index is 1.95. The number of esters is 1. The van der Waals surface area contributed by atoms with Gasteiger partial charge in [0.05, 0.1) is 6.61 Å². The number of halogens is 4. The minimum absolute atomic E-state index is 0.0998. The molecule has 0 bridgehead atoms. The summed E-state index contributed by atoms with van der Waals surface area (Å²) in [6, 6.07) is 4.73. The van der Waals surface area contributed by atoms with E-state index >= 15 is 0 Å². The first-order valence-electron chi connectivity index (χ1n) is 8.26. The van der Waals surface area contributed by atoms with Gasteiger partial charge in [-0.05, 0) is 26.0 Å². The minimum atomic E-state index is -4.67. The van der Waals surface area contributed by atoms with E-state index in [1.54, 1.807) is 6.92 Å². The number of nitrogens with zero attached hydrogens (tertiary/aromatic N) is 1. The van der Waals surface area contributed by atoms with Crippen LogP contribution in [0, 0.1) is 12.7 Å². The number of alkyl halides is 3. The zero-order chi connectivity index (χ0) is 20.5. The van der Waals surface area contributed by atoms with Gasteiger partial charge in [-0.1, -0.05) is 6.07 Å². The third-order valence-electron chi connectivity index (χ3n) is 3.94. The molecule has 3 rings (SSSR count). The number of aryl methyl sites for hydroxylation is 1. The quantitative estimate of drug-likeness (QED) is 0.445. The summed E-state index contributed by atoms with van der Waals surface area (Å²) in [4.78, 5) is 15.4. The molecule has 0 amide bonds. The Labute approximate surface area is 156 Å². The van der Waals surface area contributed by atoms with Crippen molar-refractivity contribution in [2.75, 3.05) is 6.61 Å². The second-order valence-electron chi connectivity index (χ2n) is 5.83. The van der Waals surface area contributed by atoms with E-state index in [1.807, 2.05) is 0 Å². The highest BCUT2D eigenvalue weighted by Gasteiger charge is 2.35. The molecule has 1 aromatic carbocycles. The maximum absolute atomic E-state index is 14.3. The average molecular weight is 397 g/mol. The number of carbonyl (C=O) groups is 1. The first-order chi connectivity index (χ1) is 13.2. The number of ether oxygens (including phenoxy) is 2. The van der Waals surface area contributed by atoms with Crippen molar-refractivity contribution < 1.29 is 36.2 Å². The van der Waals surface area contributed by atoms with Gasteiger partial charge in [0.1, 0.15) is 23.5 Å². The fourth-order valence-electron chi connectivity index (χ4n) is 2.75. The highest BCUT2D eigenvalue weighted by atomic mass is 19.4. The van der Waals surface area contributed by atoms with Gasteiger partial charge < -0.3 is 13.9 Å². The Morgan fingerprint density at radius 3 is 2.71 bits per heavy atom. The monoisotopic (exact) mass is 397 g/mol. The third-order valence-corrected chi connectivity index (χ3v) is 3.94. The van der Waals surface area contributed by atoms with Gasteiger partial charge in [0, 0.05) is 23.2 Å². The summed E-state index contributed by atoms with van der Waals surface area (Å²) in [6.07, 6.45) is -3.65. The average Bonchev–Trinajstić information content (AvgIpc) is 2.94. The van der Waals surface area contributed by atoms with E-state index < -0.39 is 30.3 Å². The molecule has 28 heavy (non-hydrogen) atoms. The van der Waals surface area contributed by atoms with Gasteiger partial charge in [-0.3, -0.25) is 4.98 Å². The largest absolute Gasteiger partial charge is 0.486 e. The molecule has 0 unspecified atom stereocenters. The second-order valence-corrected chi connectivity index (χ2v) is 5.83. The van der Waals surface area contributed by atoms with Crippen LogP contribution < -0.4 is 4.74 Å². The molecule has 0 aliphatic rings. The number of benzene rings is 1. The molecule has 0 saturated carbocycles. The van der Waals surface area contributed by atoms with Gasteiger partial charge in [-0.2, -0.15) is 13.2 Å². The molecule has 0 spiro atoms. The first-order valence-corrected chi connectivity index (χ1v) is 8.26. The van der Waals surface area contributed by atoms with Crippen molar-refractivity contribution in [2.24, 2.45) is 0 Å². The van der Waals surface area contributed by atoms with Crippen LogP contribution in [0.15, 0.2) is 34.9 Å². The number of hydrogen-bond acceptors (Lipinski definition) is 5. The first kappa shape index (κ1) is 19.7. The SMILES string of the molecule is CCOC(=O)c1c(C)oc2cc(F)c(OCc3cccnc3C(F)(F)F)cc12. The molecule has 9 heteroatoms. The highest BCUT2D eigenvalue weighted by molar-refractivity contribution is 6.04. The number of fused-ring (bicyclic) bond motifs is 1. The van der Waals surface area contributed by atoms with Gasteiger partial charge in [0.2, 0.25) is 0 Å². The molecule has 0 saturated heterocycles. The van der Waals surface area contributed by atoms with Crippen molar-refractivity contribution in [2.45, 2.75) is 26.6 Å². The maximum Gasteiger partial charge on any atom is 0.433 e. The van der Waals surface area contributed by atoms with Crippen LogP contribution in [-0.4, -0.2) is 17.6 Å². The Kier molecular flexibility index (Phi) is 5.26. The molecule has 0 aliphatic heterocycles. The number of hydrogen-bond donors (Lipinski definition) is 0. The summed E-state index contributed by atoms with van der Waals surface area (Å²) in [6.45, 7) is 2.74. The van der Waals surface area contributed by atoms with E-state index in [9.17, 15) is 22.4 Å². The molecule has 0 radical (unpaired) electrons. The smallest absolute Gasteiger partial charge is 0.433 e. The topological polar surface area (TPSA) is 61.6 Å². The van der Waals surface area contributed by atoms with Gasteiger partial charge in [-0.15, -0.1) is 0 Å². The van der Waals surface area contributed by atoms with E-state index in [1.165, 1.54) is 25.1 Å². The van der Waals surface area contributed by atoms with Crippen LogP contribution in [-0.2, 0) is 17.5 Å². The standard InChI is InChI=1S/C19H15F4NO4/c1-3-26-18(25)16-10(2)28-14-8-13(20)15(7-12(14)16)27-9-11-5-4-6-24-17(11)19(21,22)23/h4-8H,3,9H2,1-2H3. The number of pyridine rings is 1. The van der Waals surface area contributed by atoms with E-state index in [0.717, 1.165) is 12.3 Å². The maximum atomic E-state index is 14.3. The second kappa shape index (κ2) is 7.49. The third kappa shape index (κ3) is 3.78. The van der Waals surface area contributed by atoms with Crippen LogP contribution in [0.25, 0.3) is 11.0 Å². The van der Waals surface area contributed by atoms with Crippen molar-refractivity contribution in [3.05, 3.63) is 58.9 Å². The highest BCUT2D eigenvalue weighted by Crippen LogP contribution is 2.34. The number of carbonyl (C=O) groups excluding carboxylic acids is 1. The summed E-state index contributed by atoms with van der Waals surface area (Å²) in [7, 11) is 0. The predicted molar refractivity (Wildman–Crippen MR) is 90.4 cm³/mol. The van der Waals surface area contributed by atoms with Crippen LogP contribution in [0.5, 0.6) is 5.75 Å². The van der Waals surface area contributed by atoms with Crippen LogP contribution in [0.2, 0.25) is 0 Å². The molecule has 3 aromatic rings. The van der Waals surface area contributed by atoms with E-state index in [-0.39, 0.29) is 40.2 Å². The molecule has 5 nitrogen and oxygen atoms in total. The minimum Gasteiger partial charge on any atom is -0.486 e. The molecule has 0 N–H and O–H groups in total. The molecule has 0 aliphatic carbocycles. The Morgan fingerprint density at radius 2 is 2.04 bits per heavy atom. The summed E-state index contributed by atoms with van der Waals surface area (Å²) in [5, 5.41) is 0.245. The van der Waals surface area contributed by atoms with Crippen molar-refractivity contribution in [3.63, 3.8) is 0 Å². The number of aromatic nitrogens is 1. The predicted octanol–water partition coefficient (Wildman–Crippen LogP) is 5.05. The molecule has 0 atom stereocenters. The van der Waals surface area contributed by atoms with E-state index in [4.69, 9.17) is 13.9 Å². The lowest BCUT2D eigenvalue weighted by molar-refractivity contribution is -0.142. The number of furan rings is 1. The lowest BCUT2D eigenvalue weighted by Crippen LogP contribution is -2.13. The van der Waals surface area contributed by atoms with E-state index in [0.29, 0.717) is 0 Å². The van der Waals surface area contributed by atoms with E-state index in [2.05, 4.69) is 4.98 Å². The van der Waals surface area contributed by atoms with Crippen LogP contribution >= 0.6 is 0 Å². The van der Waals surface area contributed by atoms with Crippen LogP contribution in [0.3, 0.4) is 0 Å². The molecule has 2 heterocycles. The van der Waals surface area contributed by atoms with Crippen molar-refractivity contribution >= 4 is 16.9 Å². The molecule has 148 valence electrons. The Bertz CT molecular complexity index is 1030. The molecule has 0 fully saturated rings. The van der Waals surface area contributed by atoms with Gasteiger partial charge in [0.25, 0.3) is 0 Å². The van der Waals surface area contributed by atoms with Crippen molar-refractivity contribution in [3.8, 4) is 5.75 Å². The zero-order valence-electron chi connectivity index (χ0n) is 14.9. The molecular weight excluding hydrogens is 382 g/mol. The van der Waals surface area contributed by atoms with Crippen molar-refractivity contribution in [1.82, 2.24) is 4.98 Å². The summed E-state index contributed by atoms with van der Waals surface area (Å²) in [5.74, 6) is -1.58. The lowest BCUT2D eigenvalue weighted by Gasteiger charge is -2.13. The fraction of sp³-hybridized carbons (Fsp3) is 0.263. The summed E-state index contributed by atoms with van der Waals surface area (Å²) >= 11 is 0. The summed E-state index contributed by atoms with van der Waals surface area (Å²) in [5.41, 5.74) is -1.15. The number of rotatable bonds is 5. The van der Waals surface area contributed by atoms with Crippen molar-refractivity contribution in [1.29, 1.82) is 0 Å². The zero-order valence-corrected chi connectivity index (χ0v) is 14.9. The fourth-order valence-corrected chi connectivity index (χ4v) is 2.75. The van der Waals surface area contributed by atoms with Crippen LogP contribution in [0.1, 0.15) is 34.3 Å². The van der Waals surface area contributed by atoms with Crippen LogP contribution in [0.4, 0.5) is 17.6 Å². The Morgan fingerprint density at radius 1 is 1.29 bits per heavy atom. The summed E-state index contributed by atoms with van der Waals surface area (Å²) < 4.78 is 69.0. The lowest BCUT2D eigenvalue weighted by atomic mass is 10.1. The van der Waals surface area contributed by atoms with Gasteiger partial charge >= 0.3 is 12.1 Å². The Hall–Kier alpha value is -3.10. The molecule has 2 aromatic heterocycles. The van der Waals surface area contributed by atoms with Gasteiger partial charge in [0.15, 0.2) is 17.3 Å².